The SMILES string of the molecule is COc1cc(/C=C2\SC(=NC(=O)c3ccccc3)NC2=O)cc(OC)c1O. The first-order valence-corrected chi connectivity index (χ1v) is 8.67. The van der Waals surface area contributed by atoms with Crippen LogP contribution in [0, 0.1) is 0 Å². The first-order chi connectivity index (χ1) is 13.0. The number of nitrogens with zero attached hydrogens (tertiary/aromatic N) is 1. The first kappa shape index (κ1) is 18.5. The third-order valence-electron chi connectivity index (χ3n) is 3.67. The minimum absolute atomic E-state index is 0.124. The molecule has 0 unspecified atom stereocenters. The van der Waals surface area contributed by atoms with Crippen molar-refractivity contribution in [2.24, 2.45) is 4.99 Å². The van der Waals surface area contributed by atoms with Gasteiger partial charge in [0.05, 0.1) is 19.1 Å². The van der Waals surface area contributed by atoms with Crippen LogP contribution in [-0.4, -0.2) is 36.3 Å². The Morgan fingerprint density at radius 2 is 1.78 bits per heavy atom. The molecule has 0 saturated carbocycles. The Morgan fingerprint density at radius 1 is 1.15 bits per heavy atom. The molecule has 0 aliphatic carbocycles. The molecule has 2 aromatic rings. The highest BCUT2D eigenvalue weighted by Crippen LogP contribution is 2.38. The Kier molecular flexibility index (Phi) is 5.46. The van der Waals surface area contributed by atoms with Crippen LogP contribution in [0.1, 0.15) is 15.9 Å². The summed E-state index contributed by atoms with van der Waals surface area (Å²) in [6.45, 7) is 0. The molecular weight excluding hydrogens is 368 g/mol. The van der Waals surface area contributed by atoms with Crippen LogP contribution in [0.15, 0.2) is 52.4 Å². The first-order valence-electron chi connectivity index (χ1n) is 7.85. The van der Waals surface area contributed by atoms with Crippen LogP contribution in [0.25, 0.3) is 6.08 Å². The number of ether oxygens (including phenoxy) is 2. The van der Waals surface area contributed by atoms with Crippen molar-refractivity contribution < 1.29 is 24.2 Å². The van der Waals surface area contributed by atoms with Crippen LogP contribution in [0.4, 0.5) is 0 Å². The number of hydrogen-bond donors (Lipinski definition) is 2. The number of carbonyl (C=O) groups excluding carboxylic acids is 2. The molecule has 138 valence electrons. The van der Waals surface area contributed by atoms with Gasteiger partial charge in [0.2, 0.25) is 5.75 Å². The fourth-order valence-electron chi connectivity index (χ4n) is 2.37. The third-order valence-corrected chi connectivity index (χ3v) is 4.58. The van der Waals surface area contributed by atoms with E-state index in [-0.39, 0.29) is 28.3 Å². The summed E-state index contributed by atoms with van der Waals surface area (Å²) in [6, 6.07) is 11.7. The Hall–Kier alpha value is -3.26. The number of nitrogens with one attached hydrogen (secondary N) is 1. The topological polar surface area (TPSA) is 97.2 Å². The lowest BCUT2D eigenvalue weighted by atomic mass is 10.1. The molecule has 1 heterocycles. The van der Waals surface area contributed by atoms with E-state index in [1.54, 1.807) is 48.5 Å². The van der Waals surface area contributed by atoms with Crippen LogP contribution in [0.2, 0.25) is 0 Å². The molecule has 1 fully saturated rings. The smallest absolute Gasteiger partial charge is 0.279 e. The second-order valence-corrected chi connectivity index (χ2v) is 6.46. The predicted octanol–water partition coefficient (Wildman–Crippen LogP) is 2.81. The molecule has 1 aliphatic rings. The number of phenolic OH excluding ortho intramolecular Hbond substituents is 1. The number of amides is 2. The van der Waals surface area contributed by atoms with Crippen LogP contribution >= 0.6 is 11.8 Å². The van der Waals surface area contributed by atoms with Gasteiger partial charge in [-0.15, -0.1) is 0 Å². The fourth-order valence-corrected chi connectivity index (χ4v) is 3.19. The Balaban J connectivity index is 1.86. The quantitative estimate of drug-likeness (QED) is 0.787. The maximum atomic E-state index is 12.2. The fraction of sp³-hybridized carbons (Fsp3) is 0.105. The lowest BCUT2D eigenvalue weighted by Gasteiger charge is -2.09. The van der Waals surface area contributed by atoms with Gasteiger partial charge in [-0.3, -0.25) is 9.59 Å². The number of thioether (sulfide) groups is 1. The number of phenols is 1. The number of aromatic hydroxyl groups is 1. The number of methoxy groups -OCH3 is 2. The molecule has 3 rings (SSSR count). The molecule has 8 heteroatoms. The Bertz CT molecular complexity index is 929. The number of hydrogen-bond acceptors (Lipinski definition) is 6. The molecule has 27 heavy (non-hydrogen) atoms. The van der Waals surface area contributed by atoms with Gasteiger partial charge in [0, 0.05) is 5.56 Å². The molecule has 0 atom stereocenters. The molecule has 1 saturated heterocycles. The zero-order valence-electron chi connectivity index (χ0n) is 14.6. The van der Waals surface area contributed by atoms with Gasteiger partial charge in [0.1, 0.15) is 0 Å². The second kappa shape index (κ2) is 7.96. The van der Waals surface area contributed by atoms with E-state index in [9.17, 15) is 14.7 Å². The monoisotopic (exact) mass is 384 g/mol. The van der Waals surface area contributed by atoms with Gasteiger partial charge in [-0.2, -0.15) is 4.99 Å². The van der Waals surface area contributed by atoms with Crippen LogP contribution < -0.4 is 14.8 Å². The van der Waals surface area contributed by atoms with E-state index in [0.717, 1.165) is 11.8 Å². The van der Waals surface area contributed by atoms with Gasteiger partial charge in [-0.25, -0.2) is 0 Å². The minimum atomic E-state index is -0.437. The van der Waals surface area contributed by atoms with Gasteiger partial charge in [0.25, 0.3) is 11.8 Å². The normalized spacial score (nSPS) is 16.4. The third kappa shape index (κ3) is 4.12. The summed E-state index contributed by atoms with van der Waals surface area (Å²) in [7, 11) is 2.84. The number of amidine groups is 1. The summed E-state index contributed by atoms with van der Waals surface area (Å²) in [5.41, 5.74) is 1.03. The van der Waals surface area contributed by atoms with E-state index in [1.165, 1.54) is 14.2 Å². The minimum Gasteiger partial charge on any atom is -0.502 e. The van der Waals surface area contributed by atoms with Crippen molar-refractivity contribution in [3.05, 3.63) is 58.5 Å². The van der Waals surface area contributed by atoms with Crippen molar-refractivity contribution in [3.63, 3.8) is 0 Å². The molecule has 0 radical (unpaired) electrons. The molecule has 7 nitrogen and oxygen atoms in total. The Labute approximate surface area is 159 Å². The largest absolute Gasteiger partial charge is 0.502 e. The van der Waals surface area contributed by atoms with E-state index in [1.807, 2.05) is 0 Å². The van der Waals surface area contributed by atoms with Crippen molar-refractivity contribution in [1.82, 2.24) is 5.32 Å². The predicted molar refractivity (Wildman–Crippen MR) is 103 cm³/mol. The zero-order valence-corrected chi connectivity index (χ0v) is 15.4. The van der Waals surface area contributed by atoms with Crippen LogP contribution in [0.5, 0.6) is 17.2 Å². The van der Waals surface area contributed by atoms with Gasteiger partial charge < -0.3 is 19.9 Å². The number of rotatable bonds is 4. The van der Waals surface area contributed by atoms with Crippen molar-refractivity contribution in [2.75, 3.05) is 14.2 Å². The highest BCUT2D eigenvalue weighted by atomic mass is 32.2. The molecular formula is C19H16N2O5S. The Morgan fingerprint density at radius 3 is 2.37 bits per heavy atom. The summed E-state index contributed by atoms with van der Waals surface area (Å²) in [5, 5.41) is 12.7. The number of aliphatic imine (C=N–C) groups is 1. The molecule has 0 spiro atoms. The molecule has 2 aromatic carbocycles. The van der Waals surface area contributed by atoms with Gasteiger partial charge in [-0.1, -0.05) is 18.2 Å². The van der Waals surface area contributed by atoms with Gasteiger partial charge in [-0.05, 0) is 47.7 Å². The van der Waals surface area contributed by atoms with Crippen molar-refractivity contribution >= 4 is 34.8 Å². The van der Waals surface area contributed by atoms with Crippen LogP contribution in [0.3, 0.4) is 0 Å². The summed E-state index contributed by atoms with van der Waals surface area (Å²) in [4.78, 5) is 28.6. The average molecular weight is 384 g/mol. The van der Waals surface area contributed by atoms with Gasteiger partial charge in [0.15, 0.2) is 16.7 Å². The highest BCUT2D eigenvalue weighted by Gasteiger charge is 2.25. The van der Waals surface area contributed by atoms with E-state index < -0.39 is 5.91 Å². The van der Waals surface area contributed by atoms with E-state index in [0.29, 0.717) is 16.0 Å². The average Bonchev–Trinajstić information content (AvgIpc) is 3.02. The number of benzene rings is 2. The maximum Gasteiger partial charge on any atom is 0.279 e. The molecule has 0 aromatic heterocycles. The molecule has 0 bridgehead atoms. The molecule has 2 N–H and O–H groups in total. The summed E-state index contributed by atoms with van der Waals surface area (Å²) in [6.07, 6.45) is 1.60. The van der Waals surface area contributed by atoms with E-state index in [2.05, 4.69) is 10.3 Å². The van der Waals surface area contributed by atoms with E-state index >= 15 is 0 Å². The highest BCUT2D eigenvalue weighted by molar-refractivity contribution is 8.18. The lowest BCUT2D eigenvalue weighted by molar-refractivity contribution is -0.115. The summed E-state index contributed by atoms with van der Waals surface area (Å²) >= 11 is 1.05. The lowest BCUT2D eigenvalue weighted by Crippen LogP contribution is -2.20. The van der Waals surface area contributed by atoms with Crippen LogP contribution in [-0.2, 0) is 4.79 Å². The van der Waals surface area contributed by atoms with Crippen molar-refractivity contribution in [2.45, 2.75) is 0 Å². The van der Waals surface area contributed by atoms with Crippen molar-refractivity contribution in [3.8, 4) is 17.2 Å². The maximum absolute atomic E-state index is 12.2. The second-order valence-electron chi connectivity index (χ2n) is 5.43. The van der Waals surface area contributed by atoms with Crippen molar-refractivity contribution in [1.29, 1.82) is 0 Å². The molecule has 1 aliphatic heterocycles. The summed E-state index contributed by atoms with van der Waals surface area (Å²) < 4.78 is 10.2. The zero-order chi connectivity index (χ0) is 19.4. The number of carbonyl (C=O) groups is 2. The molecule has 2 amide bonds. The summed E-state index contributed by atoms with van der Waals surface area (Å²) in [5.74, 6) is -0.491. The standard InChI is InChI=1S/C19H16N2O5S/c1-25-13-8-11(9-14(26-2)16(13)22)10-15-18(24)21-19(27-15)20-17(23)12-6-4-3-5-7-12/h3-10,22H,1-2H3,(H,20,21,23,24)/b15-10-. The van der Waals surface area contributed by atoms with Gasteiger partial charge >= 0.3 is 0 Å². The van der Waals surface area contributed by atoms with E-state index in [4.69, 9.17) is 9.47 Å².